The average Bonchev–Trinajstić information content (AvgIpc) is 2.77. The summed E-state index contributed by atoms with van der Waals surface area (Å²) in [5, 5.41) is 0. The second-order valence-electron chi connectivity index (χ2n) is 9.22. The Kier molecular flexibility index (Phi) is 7.68. The van der Waals surface area contributed by atoms with Crippen LogP contribution in [-0.4, -0.2) is 41.8 Å². The molecule has 2 aliphatic rings. The maximum atomic E-state index is 13.0. The summed E-state index contributed by atoms with van der Waals surface area (Å²) in [5.74, 6) is -1.17. The van der Waals surface area contributed by atoms with Gasteiger partial charge in [-0.25, -0.2) is 4.79 Å². The van der Waals surface area contributed by atoms with Crippen molar-refractivity contribution >= 4 is 17.7 Å². The SMILES string of the molecule is Cc1ccc(CCCOC(=O)C2CCCCN2C(=O)C(=O)C2(C)CCCCC2)cc1. The van der Waals surface area contributed by atoms with Crippen LogP contribution in [0.1, 0.15) is 75.8 Å². The summed E-state index contributed by atoms with van der Waals surface area (Å²) in [6.45, 7) is 4.76. The van der Waals surface area contributed by atoms with Gasteiger partial charge in [-0.05, 0) is 57.4 Å². The number of carbonyl (C=O) groups excluding carboxylic acids is 3. The molecule has 5 heteroatoms. The van der Waals surface area contributed by atoms with Crippen LogP contribution < -0.4 is 0 Å². The molecule has 1 aliphatic heterocycles. The smallest absolute Gasteiger partial charge is 0.328 e. The Morgan fingerprint density at radius 1 is 1.03 bits per heavy atom. The second-order valence-corrected chi connectivity index (χ2v) is 9.22. The molecule has 1 aromatic rings. The number of piperidine rings is 1. The molecule has 0 aromatic heterocycles. The fourth-order valence-electron chi connectivity index (χ4n) is 4.67. The van der Waals surface area contributed by atoms with Gasteiger partial charge in [0, 0.05) is 12.0 Å². The van der Waals surface area contributed by atoms with E-state index in [1.165, 1.54) is 16.0 Å². The second kappa shape index (κ2) is 10.2. The number of ketones is 1. The van der Waals surface area contributed by atoms with E-state index < -0.39 is 17.4 Å². The van der Waals surface area contributed by atoms with E-state index in [1.807, 2.05) is 6.92 Å². The van der Waals surface area contributed by atoms with Crippen LogP contribution in [0.2, 0.25) is 0 Å². The van der Waals surface area contributed by atoms with Gasteiger partial charge >= 0.3 is 5.97 Å². The van der Waals surface area contributed by atoms with E-state index >= 15 is 0 Å². The molecule has 0 N–H and O–H groups in total. The number of hydrogen-bond acceptors (Lipinski definition) is 4. The highest BCUT2D eigenvalue weighted by atomic mass is 16.5. The van der Waals surface area contributed by atoms with Gasteiger partial charge in [0.15, 0.2) is 0 Å². The average molecular weight is 414 g/mol. The van der Waals surface area contributed by atoms with Crippen molar-refractivity contribution in [3.8, 4) is 0 Å². The summed E-state index contributed by atoms with van der Waals surface area (Å²) in [6.07, 6.45) is 8.49. The first-order valence-corrected chi connectivity index (χ1v) is 11.5. The van der Waals surface area contributed by atoms with E-state index in [-0.39, 0.29) is 11.8 Å². The van der Waals surface area contributed by atoms with Crippen molar-refractivity contribution in [3.05, 3.63) is 35.4 Å². The minimum Gasteiger partial charge on any atom is -0.464 e. The molecule has 5 nitrogen and oxygen atoms in total. The Balaban J connectivity index is 1.53. The zero-order valence-electron chi connectivity index (χ0n) is 18.5. The number of ether oxygens (including phenoxy) is 1. The van der Waals surface area contributed by atoms with Gasteiger partial charge in [-0.3, -0.25) is 9.59 Å². The van der Waals surface area contributed by atoms with Crippen molar-refractivity contribution in [2.24, 2.45) is 5.41 Å². The lowest BCUT2D eigenvalue weighted by Gasteiger charge is -2.37. The molecule has 1 heterocycles. The third-order valence-electron chi connectivity index (χ3n) is 6.71. The van der Waals surface area contributed by atoms with E-state index in [1.54, 1.807) is 0 Å². The molecule has 1 aliphatic carbocycles. The number of likely N-dealkylation sites (tertiary alicyclic amines) is 1. The minimum atomic E-state index is -0.623. The number of benzene rings is 1. The molecule has 1 saturated heterocycles. The number of rotatable bonds is 7. The number of hydrogen-bond donors (Lipinski definition) is 0. The van der Waals surface area contributed by atoms with Gasteiger partial charge < -0.3 is 9.64 Å². The summed E-state index contributed by atoms with van der Waals surface area (Å²) in [5.41, 5.74) is 1.87. The topological polar surface area (TPSA) is 63.7 Å². The first kappa shape index (κ1) is 22.5. The van der Waals surface area contributed by atoms with Gasteiger partial charge in [0.1, 0.15) is 6.04 Å². The molecule has 2 fully saturated rings. The van der Waals surface area contributed by atoms with Crippen molar-refractivity contribution in [3.63, 3.8) is 0 Å². The zero-order valence-corrected chi connectivity index (χ0v) is 18.5. The number of amides is 1. The molecular weight excluding hydrogens is 378 g/mol. The largest absolute Gasteiger partial charge is 0.464 e. The molecule has 3 rings (SSSR count). The Morgan fingerprint density at radius 2 is 1.73 bits per heavy atom. The molecule has 1 amide bonds. The maximum absolute atomic E-state index is 13.0. The Labute approximate surface area is 180 Å². The Morgan fingerprint density at radius 3 is 2.43 bits per heavy atom. The molecule has 1 aromatic carbocycles. The van der Waals surface area contributed by atoms with Crippen LogP contribution in [0.5, 0.6) is 0 Å². The lowest BCUT2D eigenvalue weighted by Crippen LogP contribution is -2.53. The summed E-state index contributed by atoms with van der Waals surface area (Å²) >= 11 is 0. The number of aryl methyl sites for hydroxylation is 2. The molecule has 164 valence electrons. The lowest BCUT2D eigenvalue weighted by molar-refractivity contribution is -0.161. The third kappa shape index (κ3) is 5.50. The van der Waals surface area contributed by atoms with Crippen LogP contribution in [0, 0.1) is 12.3 Å². The van der Waals surface area contributed by atoms with Crippen molar-refractivity contribution < 1.29 is 19.1 Å². The van der Waals surface area contributed by atoms with Crippen molar-refractivity contribution in [1.29, 1.82) is 0 Å². The van der Waals surface area contributed by atoms with Gasteiger partial charge in [-0.1, -0.05) is 56.0 Å². The lowest BCUT2D eigenvalue weighted by atomic mass is 9.72. The number of carbonyl (C=O) groups is 3. The van der Waals surface area contributed by atoms with Crippen LogP contribution in [0.15, 0.2) is 24.3 Å². The van der Waals surface area contributed by atoms with E-state index in [0.29, 0.717) is 19.6 Å². The van der Waals surface area contributed by atoms with Crippen molar-refractivity contribution in [1.82, 2.24) is 4.90 Å². The molecule has 1 saturated carbocycles. The quantitative estimate of drug-likeness (QED) is 0.378. The van der Waals surface area contributed by atoms with Crippen molar-refractivity contribution in [2.75, 3.05) is 13.2 Å². The highest BCUT2D eigenvalue weighted by Crippen LogP contribution is 2.37. The van der Waals surface area contributed by atoms with E-state index in [2.05, 4.69) is 31.2 Å². The summed E-state index contributed by atoms with van der Waals surface area (Å²) in [7, 11) is 0. The van der Waals surface area contributed by atoms with Gasteiger partial charge in [-0.2, -0.15) is 0 Å². The van der Waals surface area contributed by atoms with Crippen LogP contribution in [0.4, 0.5) is 0 Å². The predicted octanol–water partition coefficient (Wildman–Crippen LogP) is 4.39. The van der Waals surface area contributed by atoms with E-state index in [9.17, 15) is 14.4 Å². The Hall–Kier alpha value is -2.17. The molecule has 1 unspecified atom stereocenters. The highest BCUT2D eigenvalue weighted by Gasteiger charge is 2.43. The van der Waals surface area contributed by atoms with Crippen LogP contribution >= 0.6 is 0 Å². The molecule has 0 radical (unpaired) electrons. The first-order chi connectivity index (χ1) is 14.4. The molecule has 1 atom stereocenters. The van der Waals surface area contributed by atoms with E-state index in [0.717, 1.165) is 57.8 Å². The first-order valence-electron chi connectivity index (χ1n) is 11.5. The van der Waals surface area contributed by atoms with Crippen LogP contribution in [-0.2, 0) is 25.5 Å². The molecule has 30 heavy (non-hydrogen) atoms. The highest BCUT2D eigenvalue weighted by molar-refractivity contribution is 6.38. The van der Waals surface area contributed by atoms with Crippen LogP contribution in [0.25, 0.3) is 0 Å². The fraction of sp³-hybridized carbons (Fsp3) is 0.640. The van der Waals surface area contributed by atoms with E-state index in [4.69, 9.17) is 4.74 Å². The summed E-state index contributed by atoms with van der Waals surface area (Å²) in [4.78, 5) is 40.2. The van der Waals surface area contributed by atoms with Gasteiger partial charge in [-0.15, -0.1) is 0 Å². The summed E-state index contributed by atoms with van der Waals surface area (Å²) < 4.78 is 5.51. The molecule has 0 bridgehead atoms. The summed E-state index contributed by atoms with van der Waals surface area (Å²) in [6, 6.07) is 7.72. The van der Waals surface area contributed by atoms with Gasteiger partial charge in [0.05, 0.1) is 6.61 Å². The molecule has 0 spiro atoms. The third-order valence-corrected chi connectivity index (χ3v) is 6.71. The zero-order chi connectivity index (χ0) is 21.6. The number of Topliss-reactive ketones (excluding diaryl/α,β-unsaturated/α-hetero) is 1. The minimum absolute atomic E-state index is 0.318. The van der Waals surface area contributed by atoms with Crippen molar-refractivity contribution in [2.45, 2.75) is 84.1 Å². The maximum Gasteiger partial charge on any atom is 0.328 e. The van der Waals surface area contributed by atoms with Crippen LogP contribution in [0.3, 0.4) is 0 Å². The number of esters is 1. The standard InChI is InChI=1S/C25H35NO4/c1-19-11-13-20(14-12-19)9-8-18-30-24(29)21-10-4-7-17-26(21)23(28)22(27)25(2)15-5-3-6-16-25/h11-14,21H,3-10,15-18H2,1-2H3. The molecular formula is C25H35NO4. The predicted molar refractivity (Wildman–Crippen MR) is 116 cm³/mol. The van der Waals surface area contributed by atoms with Gasteiger partial charge in [0.2, 0.25) is 5.78 Å². The number of nitrogens with zero attached hydrogens (tertiary/aromatic N) is 1. The monoisotopic (exact) mass is 413 g/mol. The fourth-order valence-corrected chi connectivity index (χ4v) is 4.67. The van der Waals surface area contributed by atoms with Gasteiger partial charge in [0.25, 0.3) is 5.91 Å². The normalized spacial score (nSPS) is 21.1. The Bertz CT molecular complexity index is 749.